The van der Waals surface area contributed by atoms with Crippen LogP contribution in [0.4, 0.5) is 26.0 Å². The normalized spacial score (nSPS) is 10.6. The van der Waals surface area contributed by atoms with Crippen molar-refractivity contribution in [3.8, 4) is 5.69 Å². The van der Waals surface area contributed by atoms with E-state index < -0.39 is 17.5 Å². The van der Waals surface area contributed by atoms with Gasteiger partial charge < -0.3 is 10.6 Å². The number of benzene rings is 2. The quantitative estimate of drug-likeness (QED) is 0.524. The molecule has 0 unspecified atom stereocenters. The number of carbonyl (C=O) groups is 1. The molecule has 2 heterocycles. The van der Waals surface area contributed by atoms with E-state index in [1.54, 1.807) is 31.2 Å². The van der Waals surface area contributed by atoms with E-state index in [4.69, 9.17) is 0 Å². The Morgan fingerprint density at radius 2 is 1.90 bits per heavy atom. The molecule has 2 aromatic carbocycles. The minimum atomic E-state index is -0.543. The second kappa shape index (κ2) is 8.03. The predicted molar refractivity (Wildman–Crippen MR) is 106 cm³/mol. The number of anilines is 3. The largest absolute Gasteiger partial charge is 0.339 e. The third kappa shape index (κ3) is 3.97. The summed E-state index contributed by atoms with van der Waals surface area (Å²) in [5, 5.41) is 16.6. The van der Waals surface area contributed by atoms with Crippen molar-refractivity contribution in [3.05, 3.63) is 83.8 Å². The molecule has 10 heteroatoms. The molecule has 4 rings (SSSR count). The number of nitrogens with zero attached hydrogens (tertiary/aromatic N) is 5. The fraction of sp³-hybridized carbons (Fsp3) is 0.0500. The summed E-state index contributed by atoms with van der Waals surface area (Å²) >= 11 is 0. The number of tetrazole rings is 1. The van der Waals surface area contributed by atoms with Gasteiger partial charge in [-0.3, -0.25) is 4.79 Å². The number of amides is 1. The van der Waals surface area contributed by atoms with E-state index in [1.807, 2.05) is 0 Å². The average Bonchev–Trinajstić information content (AvgIpc) is 3.15. The Bertz CT molecular complexity index is 1230. The molecule has 0 bridgehead atoms. The number of nitrogens with one attached hydrogen (secondary N) is 2. The molecule has 0 atom stereocenters. The van der Waals surface area contributed by atoms with Crippen molar-refractivity contribution in [2.45, 2.75) is 6.92 Å². The highest BCUT2D eigenvalue weighted by molar-refractivity contribution is 6.07. The van der Waals surface area contributed by atoms with Crippen LogP contribution in [0.3, 0.4) is 0 Å². The van der Waals surface area contributed by atoms with Gasteiger partial charge in [-0.15, -0.1) is 5.10 Å². The summed E-state index contributed by atoms with van der Waals surface area (Å²) in [6.07, 6.45) is 1.51. The fourth-order valence-corrected chi connectivity index (χ4v) is 2.80. The van der Waals surface area contributed by atoms with Gasteiger partial charge in [0.25, 0.3) is 5.91 Å². The Hall–Kier alpha value is -4.21. The van der Waals surface area contributed by atoms with Crippen molar-refractivity contribution in [3.63, 3.8) is 0 Å². The SMILES string of the molecule is Cc1nnnn1-c1cc(NC(=O)c2cccnc2Nc2cccc(F)c2)ccc1F. The molecule has 0 aliphatic heterocycles. The summed E-state index contributed by atoms with van der Waals surface area (Å²) in [4.78, 5) is 17.0. The van der Waals surface area contributed by atoms with Crippen LogP contribution in [0, 0.1) is 18.6 Å². The van der Waals surface area contributed by atoms with Crippen molar-refractivity contribution in [1.82, 2.24) is 25.2 Å². The lowest BCUT2D eigenvalue weighted by Gasteiger charge is -2.12. The fourth-order valence-electron chi connectivity index (χ4n) is 2.80. The topological polar surface area (TPSA) is 97.6 Å². The summed E-state index contributed by atoms with van der Waals surface area (Å²) in [5.74, 6) is -0.796. The molecule has 0 aliphatic rings. The average molecular weight is 407 g/mol. The lowest BCUT2D eigenvalue weighted by Crippen LogP contribution is -2.15. The zero-order valence-electron chi connectivity index (χ0n) is 15.7. The van der Waals surface area contributed by atoms with Crippen molar-refractivity contribution in [1.29, 1.82) is 0 Å². The van der Waals surface area contributed by atoms with E-state index in [0.29, 0.717) is 17.2 Å². The Kier molecular flexibility index (Phi) is 5.12. The van der Waals surface area contributed by atoms with Crippen molar-refractivity contribution < 1.29 is 13.6 Å². The molecule has 2 N–H and O–H groups in total. The highest BCUT2D eigenvalue weighted by atomic mass is 19.1. The van der Waals surface area contributed by atoms with E-state index in [0.717, 1.165) is 0 Å². The van der Waals surface area contributed by atoms with Gasteiger partial charge in [-0.2, -0.15) is 4.68 Å². The molecule has 150 valence electrons. The van der Waals surface area contributed by atoms with Crippen LogP contribution < -0.4 is 10.6 Å². The maximum atomic E-state index is 14.2. The lowest BCUT2D eigenvalue weighted by molar-refractivity contribution is 0.102. The van der Waals surface area contributed by atoms with Crippen LogP contribution in [0.15, 0.2) is 60.8 Å². The van der Waals surface area contributed by atoms with Gasteiger partial charge in [-0.1, -0.05) is 6.07 Å². The van der Waals surface area contributed by atoms with Gasteiger partial charge >= 0.3 is 0 Å². The maximum absolute atomic E-state index is 14.2. The Balaban J connectivity index is 1.60. The third-order valence-electron chi connectivity index (χ3n) is 4.20. The van der Waals surface area contributed by atoms with E-state index in [9.17, 15) is 13.6 Å². The molecule has 4 aromatic rings. The lowest BCUT2D eigenvalue weighted by atomic mass is 10.2. The summed E-state index contributed by atoms with van der Waals surface area (Å²) < 4.78 is 28.9. The molecular formula is C20H15F2N7O. The standard InChI is InChI=1S/C20H15F2N7O/c1-12-26-27-28-29(12)18-11-15(7-8-17(18)22)25-20(30)16-6-3-9-23-19(16)24-14-5-2-4-13(21)10-14/h2-11H,1H3,(H,23,24)(H,25,30). The van der Waals surface area contributed by atoms with Gasteiger partial charge in [-0.25, -0.2) is 13.8 Å². The summed E-state index contributed by atoms with van der Waals surface area (Å²) in [6, 6.07) is 13.0. The van der Waals surface area contributed by atoms with Gasteiger partial charge in [0.1, 0.15) is 23.1 Å². The summed E-state index contributed by atoms with van der Waals surface area (Å²) in [5.41, 5.74) is 1.11. The monoisotopic (exact) mass is 407 g/mol. The number of aromatic nitrogens is 5. The third-order valence-corrected chi connectivity index (χ3v) is 4.20. The van der Waals surface area contributed by atoms with Crippen LogP contribution in [-0.4, -0.2) is 31.1 Å². The van der Waals surface area contributed by atoms with Crippen LogP contribution in [0.1, 0.15) is 16.2 Å². The molecule has 0 saturated heterocycles. The number of pyridine rings is 1. The molecule has 0 fully saturated rings. The number of rotatable bonds is 5. The predicted octanol–water partition coefficient (Wildman–Crippen LogP) is 3.64. The van der Waals surface area contributed by atoms with Crippen LogP contribution in [0.2, 0.25) is 0 Å². The van der Waals surface area contributed by atoms with Crippen molar-refractivity contribution in [2.75, 3.05) is 10.6 Å². The van der Waals surface area contributed by atoms with E-state index in [-0.39, 0.29) is 17.1 Å². The molecule has 0 aliphatic carbocycles. The number of hydrogen-bond acceptors (Lipinski definition) is 6. The van der Waals surface area contributed by atoms with E-state index in [2.05, 4.69) is 31.1 Å². The van der Waals surface area contributed by atoms with Gasteiger partial charge in [0.15, 0.2) is 5.82 Å². The second-order valence-electron chi connectivity index (χ2n) is 6.29. The smallest absolute Gasteiger partial charge is 0.259 e. The molecule has 1 amide bonds. The van der Waals surface area contributed by atoms with E-state index in [1.165, 1.54) is 41.2 Å². The zero-order chi connectivity index (χ0) is 21.1. The Morgan fingerprint density at radius 3 is 2.67 bits per heavy atom. The number of halogens is 2. The molecular weight excluding hydrogens is 392 g/mol. The van der Waals surface area contributed by atoms with E-state index >= 15 is 0 Å². The van der Waals surface area contributed by atoms with Gasteiger partial charge in [0, 0.05) is 17.6 Å². The van der Waals surface area contributed by atoms with Crippen LogP contribution in [0.25, 0.3) is 5.69 Å². The molecule has 0 radical (unpaired) electrons. The Labute approximate surface area is 169 Å². The first kappa shape index (κ1) is 19.1. The molecule has 2 aromatic heterocycles. The Morgan fingerprint density at radius 1 is 1.03 bits per heavy atom. The highest BCUT2D eigenvalue weighted by Gasteiger charge is 2.15. The molecule has 0 spiro atoms. The van der Waals surface area contributed by atoms with Crippen LogP contribution >= 0.6 is 0 Å². The number of carbonyl (C=O) groups excluding carboxylic acids is 1. The van der Waals surface area contributed by atoms with Crippen LogP contribution in [-0.2, 0) is 0 Å². The molecule has 30 heavy (non-hydrogen) atoms. The van der Waals surface area contributed by atoms with Gasteiger partial charge in [-0.05, 0) is 65.9 Å². The summed E-state index contributed by atoms with van der Waals surface area (Å²) in [7, 11) is 0. The van der Waals surface area contributed by atoms with Gasteiger partial charge in [0.2, 0.25) is 0 Å². The minimum absolute atomic E-state index is 0.0968. The highest BCUT2D eigenvalue weighted by Crippen LogP contribution is 2.22. The second-order valence-corrected chi connectivity index (χ2v) is 6.29. The summed E-state index contributed by atoms with van der Waals surface area (Å²) in [6.45, 7) is 1.63. The first-order valence-electron chi connectivity index (χ1n) is 8.85. The minimum Gasteiger partial charge on any atom is -0.339 e. The molecule has 0 saturated carbocycles. The molecule has 8 nitrogen and oxygen atoms in total. The van der Waals surface area contributed by atoms with Gasteiger partial charge in [0.05, 0.1) is 5.56 Å². The first-order valence-corrected chi connectivity index (χ1v) is 8.85. The number of hydrogen-bond donors (Lipinski definition) is 2. The zero-order valence-corrected chi connectivity index (χ0v) is 15.7. The maximum Gasteiger partial charge on any atom is 0.259 e. The number of aryl methyl sites for hydroxylation is 1. The van der Waals surface area contributed by atoms with Crippen molar-refractivity contribution >= 4 is 23.1 Å². The van der Waals surface area contributed by atoms with Crippen molar-refractivity contribution in [2.24, 2.45) is 0 Å². The first-order chi connectivity index (χ1) is 14.5. The van der Waals surface area contributed by atoms with Crippen LogP contribution in [0.5, 0.6) is 0 Å².